The SMILES string of the molecule is CC(C)(C)OC(=O)N1CCC(CCc2ccccc2)CC1. The number of aryl methyl sites for hydroxylation is 1. The second-order valence-electron chi connectivity index (χ2n) is 6.94. The number of amides is 1. The molecule has 2 rings (SSSR count). The van der Waals surface area contributed by atoms with Crippen LogP contribution >= 0.6 is 0 Å². The standard InChI is InChI=1S/C18H27NO2/c1-18(2,3)21-17(20)19-13-11-16(12-14-19)10-9-15-7-5-4-6-8-15/h4-8,16H,9-14H2,1-3H3. The quantitative estimate of drug-likeness (QED) is 0.831. The van der Waals surface area contributed by atoms with Crippen LogP contribution in [0.4, 0.5) is 4.79 Å². The maximum absolute atomic E-state index is 12.0. The summed E-state index contributed by atoms with van der Waals surface area (Å²) in [5.74, 6) is 0.726. The van der Waals surface area contributed by atoms with Crippen molar-refractivity contribution in [1.29, 1.82) is 0 Å². The first kappa shape index (κ1) is 15.9. The van der Waals surface area contributed by atoms with Crippen LogP contribution < -0.4 is 0 Å². The Labute approximate surface area is 128 Å². The molecular weight excluding hydrogens is 262 g/mol. The molecule has 1 aliphatic rings. The molecule has 116 valence electrons. The molecule has 1 aliphatic heterocycles. The van der Waals surface area contributed by atoms with Gasteiger partial charge in [0.15, 0.2) is 0 Å². The van der Waals surface area contributed by atoms with Crippen molar-refractivity contribution in [2.75, 3.05) is 13.1 Å². The second-order valence-corrected chi connectivity index (χ2v) is 6.94. The van der Waals surface area contributed by atoms with Crippen molar-refractivity contribution < 1.29 is 9.53 Å². The van der Waals surface area contributed by atoms with Crippen molar-refractivity contribution in [3.8, 4) is 0 Å². The van der Waals surface area contributed by atoms with Gasteiger partial charge in [0, 0.05) is 13.1 Å². The maximum Gasteiger partial charge on any atom is 0.410 e. The van der Waals surface area contributed by atoms with Crippen LogP contribution in [0.1, 0.15) is 45.6 Å². The van der Waals surface area contributed by atoms with Gasteiger partial charge in [-0.15, -0.1) is 0 Å². The Kier molecular flexibility index (Phi) is 5.27. The summed E-state index contributed by atoms with van der Waals surface area (Å²) in [5, 5.41) is 0. The van der Waals surface area contributed by atoms with Crippen LogP contribution in [0.5, 0.6) is 0 Å². The molecule has 0 aromatic heterocycles. The van der Waals surface area contributed by atoms with Gasteiger partial charge in [0.25, 0.3) is 0 Å². The van der Waals surface area contributed by atoms with E-state index in [1.165, 1.54) is 12.0 Å². The molecule has 1 aromatic carbocycles. The highest BCUT2D eigenvalue weighted by atomic mass is 16.6. The lowest BCUT2D eigenvalue weighted by Crippen LogP contribution is -2.41. The summed E-state index contributed by atoms with van der Waals surface area (Å²) in [6.07, 6.45) is 4.37. The highest BCUT2D eigenvalue weighted by Crippen LogP contribution is 2.23. The van der Waals surface area contributed by atoms with E-state index < -0.39 is 5.60 Å². The molecule has 0 radical (unpaired) electrons. The summed E-state index contributed by atoms with van der Waals surface area (Å²) in [5.41, 5.74) is 1.01. The lowest BCUT2D eigenvalue weighted by atomic mass is 9.91. The summed E-state index contributed by atoms with van der Waals surface area (Å²) < 4.78 is 5.43. The average Bonchev–Trinajstić information content (AvgIpc) is 2.45. The molecule has 21 heavy (non-hydrogen) atoms. The number of hydrogen-bond donors (Lipinski definition) is 0. The molecule has 3 nitrogen and oxygen atoms in total. The Morgan fingerprint density at radius 3 is 2.38 bits per heavy atom. The first-order chi connectivity index (χ1) is 9.94. The zero-order valence-electron chi connectivity index (χ0n) is 13.5. The fourth-order valence-corrected chi connectivity index (χ4v) is 2.75. The fourth-order valence-electron chi connectivity index (χ4n) is 2.75. The lowest BCUT2D eigenvalue weighted by Gasteiger charge is -2.33. The van der Waals surface area contributed by atoms with Crippen LogP contribution in [0, 0.1) is 5.92 Å². The molecule has 3 heteroatoms. The second kappa shape index (κ2) is 6.97. The summed E-state index contributed by atoms with van der Waals surface area (Å²) in [6.45, 7) is 7.40. The van der Waals surface area contributed by atoms with Gasteiger partial charge in [0.1, 0.15) is 5.60 Å². The smallest absolute Gasteiger partial charge is 0.410 e. The molecule has 0 saturated carbocycles. The molecule has 1 heterocycles. The number of piperidine rings is 1. The first-order valence-electron chi connectivity index (χ1n) is 7.96. The van der Waals surface area contributed by atoms with Crippen LogP contribution in [-0.2, 0) is 11.2 Å². The molecule has 0 aliphatic carbocycles. The molecule has 1 fully saturated rings. The number of carbonyl (C=O) groups excluding carboxylic acids is 1. The molecule has 0 N–H and O–H groups in total. The normalized spacial score (nSPS) is 16.8. The van der Waals surface area contributed by atoms with E-state index in [9.17, 15) is 4.79 Å². The van der Waals surface area contributed by atoms with Gasteiger partial charge in [-0.05, 0) is 57.9 Å². The minimum atomic E-state index is -0.402. The van der Waals surface area contributed by atoms with E-state index in [1.54, 1.807) is 0 Å². The van der Waals surface area contributed by atoms with E-state index in [4.69, 9.17) is 4.74 Å². The van der Waals surface area contributed by atoms with Gasteiger partial charge < -0.3 is 9.64 Å². The largest absolute Gasteiger partial charge is 0.444 e. The minimum absolute atomic E-state index is 0.163. The zero-order chi connectivity index (χ0) is 15.3. The Balaban J connectivity index is 1.72. The minimum Gasteiger partial charge on any atom is -0.444 e. The molecule has 1 aromatic rings. The van der Waals surface area contributed by atoms with Crippen molar-refractivity contribution in [3.05, 3.63) is 35.9 Å². The van der Waals surface area contributed by atoms with E-state index in [2.05, 4.69) is 30.3 Å². The van der Waals surface area contributed by atoms with Gasteiger partial charge in [-0.25, -0.2) is 4.79 Å². The zero-order valence-corrected chi connectivity index (χ0v) is 13.5. The van der Waals surface area contributed by atoms with Gasteiger partial charge in [-0.1, -0.05) is 30.3 Å². The van der Waals surface area contributed by atoms with Gasteiger partial charge in [-0.2, -0.15) is 0 Å². The number of hydrogen-bond acceptors (Lipinski definition) is 2. The van der Waals surface area contributed by atoms with Crippen molar-refractivity contribution in [3.63, 3.8) is 0 Å². The van der Waals surface area contributed by atoms with Crippen LogP contribution in [-0.4, -0.2) is 29.7 Å². The molecule has 0 bridgehead atoms. The molecule has 0 atom stereocenters. The van der Waals surface area contributed by atoms with Crippen LogP contribution in [0.2, 0.25) is 0 Å². The third-order valence-electron chi connectivity index (χ3n) is 3.95. The molecule has 0 spiro atoms. The summed E-state index contributed by atoms with van der Waals surface area (Å²) in [6, 6.07) is 10.6. The number of carbonyl (C=O) groups is 1. The number of rotatable bonds is 3. The molecule has 0 unspecified atom stereocenters. The Morgan fingerprint density at radius 1 is 1.19 bits per heavy atom. The van der Waals surface area contributed by atoms with E-state index in [0.717, 1.165) is 38.3 Å². The van der Waals surface area contributed by atoms with Gasteiger partial charge >= 0.3 is 6.09 Å². The number of ether oxygens (including phenoxy) is 1. The Morgan fingerprint density at radius 2 is 1.81 bits per heavy atom. The number of benzene rings is 1. The summed E-state index contributed by atoms with van der Waals surface area (Å²) in [4.78, 5) is 13.9. The van der Waals surface area contributed by atoms with E-state index in [0.29, 0.717) is 0 Å². The predicted octanol–water partition coefficient (Wildman–Crippen LogP) is 4.27. The van der Waals surface area contributed by atoms with E-state index >= 15 is 0 Å². The van der Waals surface area contributed by atoms with Gasteiger partial charge in [-0.3, -0.25) is 0 Å². The third-order valence-corrected chi connectivity index (χ3v) is 3.95. The highest BCUT2D eigenvalue weighted by Gasteiger charge is 2.26. The van der Waals surface area contributed by atoms with Crippen LogP contribution in [0.3, 0.4) is 0 Å². The fraction of sp³-hybridized carbons (Fsp3) is 0.611. The van der Waals surface area contributed by atoms with Gasteiger partial charge in [0.05, 0.1) is 0 Å². The summed E-state index contributed by atoms with van der Waals surface area (Å²) >= 11 is 0. The molecule has 1 amide bonds. The summed E-state index contributed by atoms with van der Waals surface area (Å²) in [7, 11) is 0. The number of likely N-dealkylation sites (tertiary alicyclic amines) is 1. The average molecular weight is 289 g/mol. The first-order valence-corrected chi connectivity index (χ1v) is 7.96. The maximum atomic E-state index is 12.0. The van der Waals surface area contributed by atoms with Gasteiger partial charge in [0.2, 0.25) is 0 Å². The lowest BCUT2D eigenvalue weighted by molar-refractivity contribution is 0.0181. The highest BCUT2D eigenvalue weighted by molar-refractivity contribution is 5.68. The van der Waals surface area contributed by atoms with E-state index in [1.807, 2.05) is 25.7 Å². The van der Waals surface area contributed by atoms with Crippen molar-refractivity contribution in [2.45, 2.75) is 52.1 Å². The third kappa shape index (κ3) is 5.41. The van der Waals surface area contributed by atoms with Crippen LogP contribution in [0.25, 0.3) is 0 Å². The number of nitrogens with zero attached hydrogens (tertiary/aromatic N) is 1. The van der Waals surface area contributed by atoms with Crippen molar-refractivity contribution in [1.82, 2.24) is 4.90 Å². The van der Waals surface area contributed by atoms with Crippen molar-refractivity contribution >= 4 is 6.09 Å². The Hall–Kier alpha value is -1.51. The van der Waals surface area contributed by atoms with Crippen molar-refractivity contribution in [2.24, 2.45) is 5.92 Å². The van der Waals surface area contributed by atoms with Crippen LogP contribution in [0.15, 0.2) is 30.3 Å². The predicted molar refractivity (Wildman–Crippen MR) is 85.3 cm³/mol. The molecular formula is C18H27NO2. The molecule has 1 saturated heterocycles. The topological polar surface area (TPSA) is 29.5 Å². The van der Waals surface area contributed by atoms with E-state index in [-0.39, 0.29) is 6.09 Å². The monoisotopic (exact) mass is 289 g/mol. The Bertz CT molecular complexity index is 442.